The van der Waals surface area contributed by atoms with Crippen molar-refractivity contribution in [1.82, 2.24) is 15.1 Å². The Labute approximate surface area is 199 Å². The summed E-state index contributed by atoms with van der Waals surface area (Å²) in [6.45, 7) is 7.31. The SMILES string of the molecule is [C-]#[N+]c1cccc(-n2nnc(C(F)(F)F)[n+]2-c2c(-c3ccccc3)cccc2-c2ccccc2)c1. The second-order valence-corrected chi connectivity index (χ2v) is 7.68. The van der Waals surface area contributed by atoms with Gasteiger partial charge in [0.2, 0.25) is 0 Å². The number of aromatic nitrogens is 4. The van der Waals surface area contributed by atoms with Crippen molar-refractivity contribution in [2.24, 2.45) is 0 Å². The summed E-state index contributed by atoms with van der Waals surface area (Å²) in [5.41, 5.74) is 3.46. The Balaban J connectivity index is 1.91. The Bertz CT molecular complexity index is 1480. The van der Waals surface area contributed by atoms with Crippen LogP contribution in [0.1, 0.15) is 5.82 Å². The number of para-hydroxylation sites is 1. The number of hydrogen-bond donors (Lipinski definition) is 0. The molecule has 4 aromatic carbocycles. The number of tetrazole rings is 1. The van der Waals surface area contributed by atoms with Crippen LogP contribution in [0.4, 0.5) is 18.9 Å². The Morgan fingerprint density at radius 2 is 1.31 bits per heavy atom. The van der Waals surface area contributed by atoms with Gasteiger partial charge in [0.25, 0.3) is 0 Å². The van der Waals surface area contributed by atoms with E-state index >= 15 is 0 Å². The van der Waals surface area contributed by atoms with Crippen molar-refractivity contribution in [1.29, 1.82) is 0 Å². The minimum absolute atomic E-state index is 0.274. The van der Waals surface area contributed by atoms with E-state index in [0.717, 1.165) is 20.6 Å². The van der Waals surface area contributed by atoms with Crippen LogP contribution >= 0.6 is 0 Å². The highest BCUT2D eigenvalue weighted by Crippen LogP contribution is 2.35. The fourth-order valence-corrected chi connectivity index (χ4v) is 3.96. The van der Waals surface area contributed by atoms with Crippen LogP contribution in [0.25, 0.3) is 38.5 Å². The monoisotopic (exact) mass is 468 g/mol. The van der Waals surface area contributed by atoms with Crippen molar-refractivity contribution in [3.05, 3.63) is 120 Å². The quantitative estimate of drug-likeness (QED) is 0.225. The number of benzene rings is 4. The molecule has 35 heavy (non-hydrogen) atoms. The van der Waals surface area contributed by atoms with Gasteiger partial charge in [-0.2, -0.15) is 13.2 Å². The molecule has 1 heterocycles. The van der Waals surface area contributed by atoms with E-state index in [2.05, 4.69) is 15.2 Å². The maximum atomic E-state index is 14.3. The highest BCUT2D eigenvalue weighted by Gasteiger charge is 2.47. The molecular weight excluding hydrogens is 451 g/mol. The molecule has 0 radical (unpaired) electrons. The standard InChI is InChI=1S/C27H17F3N5/c1-31-21-14-8-15-22(18-21)35-33-32-26(27(28,29)30)34(35)25-23(19-10-4-2-5-11-19)16-9-17-24(25)20-12-6-3-7-13-20/h2-18H/q+1. The summed E-state index contributed by atoms with van der Waals surface area (Å²) >= 11 is 0. The molecule has 0 atom stereocenters. The van der Waals surface area contributed by atoms with E-state index in [1.165, 1.54) is 6.07 Å². The van der Waals surface area contributed by atoms with Crippen LogP contribution in [-0.2, 0) is 6.18 Å². The van der Waals surface area contributed by atoms with Gasteiger partial charge in [-0.05, 0) is 28.1 Å². The summed E-state index contributed by atoms with van der Waals surface area (Å²) in [6.07, 6.45) is -4.78. The Kier molecular flexibility index (Phi) is 5.59. The molecule has 5 rings (SSSR count). The third kappa shape index (κ3) is 4.15. The Morgan fingerprint density at radius 1 is 0.743 bits per heavy atom. The van der Waals surface area contributed by atoms with E-state index in [-0.39, 0.29) is 17.1 Å². The topological polar surface area (TPSA) is 39.0 Å². The number of alkyl halides is 3. The lowest BCUT2D eigenvalue weighted by Crippen LogP contribution is -2.47. The average molecular weight is 468 g/mol. The van der Waals surface area contributed by atoms with Crippen LogP contribution in [-0.4, -0.2) is 15.1 Å². The minimum atomic E-state index is -4.78. The van der Waals surface area contributed by atoms with Gasteiger partial charge in [0, 0.05) is 11.1 Å². The number of hydrogen-bond acceptors (Lipinski definition) is 2. The first-order valence-electron chi connectivity index (χ1n) is 10.6. The van der Waals surface area contributed by atoms with E-state index in [0.29, 0.717) is 11.1 Å². The second-order valence-electron chi connectivity index (χ2n) is 7.68. The van der Waals surface area contributed by atoms with Crippen LogP contribution in [0.2, 0.25) is 0 Å². The van der Waals surface area contributed by atoms with Crippen LogP contribution < -0.4 is 4.68 Å². The molecule has 0 N–H and O–H groups in total. The first-order chi connectivity index (χ1) is 17.0. The smallest absolute Gasteiger partial charge is 0.238 e. The van der Waals surface area contributed by atoms with Crippen LogP contribution in [0.3, 0.4) is 0 Å². The number of nitrogens with zero attached hydrogens (tertiary/aromatic N) is 5. The van der Waals surface area contributed by atoms with Gasteiger partial charge in [0.15, 0.2) is 10.9 Å². The zero-order valence-electron chi connectivity index (χ0n) is 18.2. The zero-order chi connectivity index (χ0) is 24.4. The summed E-state index contributed by atoms with van der Waals surface area (Å²) in [5.74, 6) is -1.17. The predicted molar refractivity (Wildman–Crippen MR) is 125 cm³/mol. The molecule has 0 fully saturated rings. The minimum Gasteiger partial charge on any atom is -0.238 e. The molecule has 0 amide bonds. The highest BCUT2D eigenvalue weighted by molar-refractivity contribution is 5.82. The Morgan fingerprint density at radius 3 is 1.86 bits per heavy atom. The van der Waals surface area contributed by atoms with Gasteiger partial charge >= 0.3 is 12.0 Å². The lowest BCUT2D eigenvalue weighted by molar-refractivity contribution is -0.697. The Hall–Kier alpha value is -4.77. The third-order valence-electron chi connectivity index (χ3n) is 5.47. The predicted octanol–water partition coefficient (Wildman–Crippen LogP) is 6.45. The van der Waals surface area contributed by atoms with Gasteiger partial charge < -0.3 is 0 Å². The average Bonchev–Trinajstić information content (AvgIpc) is 3.35. The van der Waals surface area contributed by atoms with Gasteiger partial charge in [-0.1, -0.05) is 91.0 Å². The van der Waals surface area contributed by atoms with Gasteiger partial charge in [-0.25, -0.2) is 4.85 Å². The summed E-state index contributed by atoms with van der Waals surface area (Å²) in [5, 5.41) is 7.42. The fourth-order valence-electron chi connectivity index (χ4n) is 3.96. The molecule has 1 aromatic heterocycles. The molecule has 0 saturated heterocycles. The zero-order valence-corrected chi connectivity index (χ0v) is 18.2. The maximum absolute atomic E-state index is 14.3. The molecule has 0 unspecified atom stereocenters. The molecule has 170 valence electrons. The normalized spacial score (nSPS) is 11.3. The number of rotatable bonds is 4. The number of halogens is 3. The van der Waals surface area contributed by atoms with Crippen LogP contribution in [0.5, 0.6) is 0 Å². The molecule has 0 spiro atoms. The van der Waals surface area contributed by atoms with E-state index in [9.17, 15) is 13.2 Å². The summed E-state index contributed by atoms with van der Waals surface area (Å²) in [6, 6.07) is 30.0. The van der Waals surface area contributed by atoms with Gasteiger partial charge in [-0.3, -0.25) is 0 Å². The summed E-state index contributed by atoms with van der Waals surface area (Å²) < 4.78 is 43.9. The van der Waals surface area contributed by atoms with Crippen molar-refractivity contribution in [3.63, 3.8) is 0 Å². The largest absolute Gasteiger partial charge is 0.488 e. The van der Waals surface area contributed by atoms with Gasteiger partial charge in [-0.15, -0.1) is 4.68 Å². The van der Waals surface area contributed by atoms with Crippen molar-refractivity contribution < 1.29 is 17.9 Å². The molecule has 0 aliphatic rings. The maximum Gasteiger partial charge on any atom is 0.488 e. The lowest BCUT2D eigenvalue weighted by Gasteiger charge is -2.16. The van der Waals surface area contributed by atoms with Crippen LogP contribution in [0.15, 0.2) is 103 Å². The summed E-state index contributed by atoms with van der Waals surface area (Å²) in [7, 11) is 0. The molecular formula is C27H17F3N5+. The van der Waals surface area contributed by atoms with Crippen LogP contribution in [0, 0.1) is 6.57 Å². The first kappa shape index (κ1) is 22.0. The van der Waals surface area contributed by atoms with Gasteiger partial charge in [0.1, 0.15) is 16.5 Å². The molecule has 0 aliphatic heterocycles. The molecule has 0 saturated carbocycles. The van der Waals surface area contributed by atoms with E-state index < -0.39 is 12.0 Å². The van der Waals surface area contributed by atoms with E-state index in [1.54, 1.807) is 30.3 Å². The van der Waals surface area contributed by atoms with E-state index in [4.69, 9.17) is 6.57 Å². The van der Waals surface area contributed by atoms with E-state index in [1.807, 2.05) is 66.7 Å². The molecule has 8 heteroatoms. The van der Waals surface area contributed by atoms with Crippen molar-refractivity contribution in [3.8, 4) is 33.6 Å². The van der Waals surface area contributed by atoms with Crippen molar-refractivity contribution in [2.75, 3.05) is 0 Å². The highest BCUT2D eigenvalue weighted by atomic mass is 19.4. The molecule has 5 nitrogen and oxygen atoms in total. The second kappa shape index (κ2) is 8.88. The third-order valence-corrected chi connectivity index (χ3v) is 5.47. The van der Waals surface area contributed by atoms with Crippen molar-refractivity contribution in [2.45, 2.75) is 6.18 Å². The molecule has 0 bridgehead atoms. The fraction of sp³-hybridized carbons (Fsp3) is 0.0370. The summed E-state index contributed by atoms with van der Waals surface area (Å²) in [4.78, 5) is 4.49. The van der Waals surface area contributed by atoms with Gasteiger partial charge in [0.05, 0.1) is 6.57 Å². The first-order valence-corrected chi connectivity index (χ1v) is 10.6. The molecule has 5 aromatic rings. The van der Waals surface area contributed by atoms with Crippen molar-refractivity contribution >= 4 is 5.69 Å². The lowest BCUT2D eigenvalue weighted by atomic mass is 9.96. The molecule has 0 aliphatic carbocycles.